The van der Waals surface area contributed by atoms with Crippen molar-refractivity contribution in [2.45, 2.75) is 70.6 Å². The van der Waals surface area contributed by atoms with Crippen molar-refractivity contribution in [3.8, 4) is 0 Å². The normalized spacial score (nSPS) is 20.9. The maximum atomic E-state index is 11.5. The first kappa shape index (κ1) is 19.5. The summed E-state index contributed by atoms with van der Waals surface area (Å²) in [6, 6.07) is 0.914. The van der Waals surface area contributed by atoms with Gasteiger partial charge in [-0.05, 0) is 59.4 Å². The standard InChI is InChI=1S/C16H33N5O2/c1-16(2,3)23-15(22)20-10-6-5-9-19-12-7-8-13(11-12)21-14(17)18-4/h12-13,19H,5-11H2,1-4H3,(H,20,22)(H3,17,18,21)/t12-,13-/m0/s1. The molecule has 0 heterocycles. The highest BCUT2D eigenvalue weighted by Crippen LogP contribution is 2.18. The Morgan fingerprint density at radius 3 is 2.48 bits per heavy atom. The molecule has 1 aliphatic rings. The van der Waals surface area contributed by atoms with Crippen molar-refractivity contribution in [3.05, 3.63) is 0 Å². The first-order valence-corrected chi connectivity index (χ1v) is 8.53. The van der Waals surface area contributed by atoms with Gasteiger partial charge in [-0.25, -0.2) is 4.79 Å². The number of rotatable bonds is 7. The van der Waals surface area contributed by atoms with Gasteiger partial charge in [-0.15, -0.1) is 0 Å². The van der Waals surface area contributed by atoms with Crippen LogP contribution in [0.25, 0.3) is 0 Å². The molecule has 1 fully saturated rings. The van der Waals surface area contributed by atoms with Crippen molar-refractivity contribution in [3.63, 3.8) is 0 Å². The van der Waals surface area contributed by atoms with Gasteiger partial charge in [0.25, 0.3) is 0 Å². The molecule has 7 nitrogen and oxygen atoms in total. The number of carbonyl (C=O) groups is 1. The second kappa shape index (κ2) is 9.60. The smallest absolute Gasteiger partial charge is 0.407 e. The SMILES string of the molecule is CNC(=N)N[C@H]1CC[C@H](NCCCCNC(=O)OC(C)(C)C)C1. The minimum atomic E-state index is -0.442. The number of carbonyl (C=O) groups excluding carboxylic acids is 1. The molecular formula is C16H33N5O2. The van der Waals surface area contributed by atoms with Crippen LogP contribution in [0.3, 0.4) is 0 Å². The van der Waals surface area contributed by atoms with E-state index in [1.54, 1.807) is 7.05 Å². The minimum Gasteiger partial charge on any atom is -0.444 e. The molecule has 2 atom stereocenters. The highest BCUT2D eigenvalue weighted by molar-refractivity contribution is 5.76. The molecule has 0 aromatic heterocycles. The van der Waals surface area contributed by atoms with Crippen LogP contribution >= 0.6 is 0 Å². The van der Waals surface area contributed by atoms with Gasteiger partial charge in [-0.3, -0.25) is 5.41 Å². The largest absolute Gasteiger partial charge is 0.444 e. The van der Waals surface area contributed by atoms with E-state index in [-0.39, 0.29) is 6.09 Å². The Morgan fingerprint density at radius 2 is 1.83 bits per heavy atom. The molecule has 1 aliphatic carbocycles. The van der Waals surface area contributed by atoms with Crippen molar-refractivity contribution < 1.29 is 9.53 Å². The Hall–Kier alpha value is -1.50. The monoisotopic (exact) mass is 327 g/mol. The topological polar surface area (TPSA) is 98.3 Å². The molecule has 0 spiro atoms. The van der Waals surface area contributed by atoms with E-state index in [1.807, 2.05) is 20.8 Å². The number of unbranched alkanes of at least 4 members (excludes halogenated alkanes) is 1. The van der Waals surface area contributed by atoms with Gasteiger partial charge in [-0.1, -0.05) is 0 Å². The van der Waals surface area contributed by atoms with Crippen molar-refractivity contribution in [2.75, 3.05) is 20.1 Å². The zero-order valence-corrected chi connectivity index (χ0v) is 14.9. The van der Waals surface area contributed by atoms with Crippen LogP contribution in [0.15, 0.2) is 0 Å². The number of alkyl carbamates (subject to hydrolysis) is 1. The van der Waals surface area contributed by atoms with Gasteiger partial charge < -0.3 is 26.0 Å². The predicted molar refractivity (Wildman–Crippen MR) is 92.8 cm³/mol. The molecule has 0 aliphatic heterocycles. The molecule has 0 radical (unpaired) electrons. The second-order valence-electron chi connectivity index (χ2n) is 7.07. The molecule has 5 N–H and O–H groups in total. The van der Waals surface area contributed by atoms with Crippen molar-refractivity contribution in [2.24, 2.45) is 0 Å². The number of ether oxygens (including phenoxy) is 1. The van der Waals surface area contributed by atoms with Crippen LogP contribution in [0.5, 0.6) is 0 Å². The summed E-state index contributed by atoms with van der Waals surface area (Å²) in [7, 11) is 1.76. The Balaban J connectivity index is 2.00. The molecule has 1 rings (SSSR count). The molecule has 7 heteroatoms. The molecule has 0 aromatic rings. The second-order valence-corrected chi connectivity index (χ2v) is 7.07. The number of hydrogen-bond acceptors (Lipinski definition) is 4. The van der Waals surface area contributed by atoms with E-state index in [9.17, 15) is 4.79 Å². The number of amides is 1. The molecule has 0 bridgehead atoms. The van der Waals surface area contributed by atoms with E-state index in [1.165, 1.54) is 0 Å². The van der Waals surface area contributed by atoms with E-state index in [4.69, 9.17) is 10.1 Å². The maximum absolute atomic E-state index is 11.5. The van der Waals surface area contributed by atoms with Crippen LogP contribution in [-0.4, -0.2) is 49.9 Å². The summed E-state index contributed by atoms with van der Waals surface area (Å²) in [5.41, 5.74) is -0.442. The molecule has 0 unspecified atom stereocenters. The predicted octanol–water partition coefficient (Wildman–Crippen LogP) is 1.55. The van der Waals surface area contributed by atoms with E-state index in [0.29, 0.717) is 24.6 Å². The fraction of sp³-hybridized carbons (Fsp3) is 0.875. The fourth-order valence-electron chi connectivity index (χ4n) is 2.64. The minimum absolute atomic E-state index is 0.345. The lowest BCUT2D eigenvalue weighted by Gasteiger charge is -2.19. The zero-order chi connectivity index (χ0) is 17.3. The summed E-state index contributed by atoms with van der Waals surface area (Å²) < 4.78 is 5.18. The Bertz CT molecular complexity index is 381. The highest BCUT2D eigenvalue weighted by Gasteiger charge is 2.24. The van der Waals surface area contributed by atoms with Crippen LogP contribution in [-0.2, 0) is 4.74 Å². The summed E-state index contributed by atoms with van der Waals surface area (Å²) in [5, 5.41) is 19.9. The van der Waals surface area contributed by atoms with E-state index >= 15 is 0 Å². The Labute approximate surface area is 139 Å². The van der Waals surface area contributed by atoms with Gasteiger partial charge in [0.15, 0.2) is 5.96 Å². The lowest BCUT2D eigenvalue weighted by Crippen LogP contribution is -2.40. The van der Waals surface area contributed by atoms with Gasteiger partial charge in [0, 0.05) is 25.7 Å². The van der Waals surface area contributed by atoms with Crippen molar-refractivity contribution >= 4 is 12.1 Å². The first-order valence-electron chi connectivity index (χ1n) is 8.53. The van der Waals surface area contributed by atoms with E-state index in [2.05, 4.69) is 21.3 Å². The summed E-state index contributed by atoms with van der Waals surface area (Å²) in [4.78, 5) is 11.5. The zero-order valence-electron chi connectivity index (χ0n) is 14.9. The summed E-state index contributed by atoms with van der Waals surface area (Å²) in [6.45, 7) is 7.18. The van der Waals surface area contributed by atoms with Crippen LogP contribution in [0, 0.1) is 5.41 Å². The third-order valence-electron chi connectivity index (χ3n) is 3.74. The average molecular weight is 327 g/mol. The molecule has 23 heavy (non-hydrogen) atoms. The molecule has 0 saturated heterocycles. The number of guanidine groups is 1. The summed E-state index contributed by atoms with van der Waals surface area (Å²) >= 11 is 0. The number of nitrogens with one attached hydrogen (secondary N) is 5. The number of hydrogen-bond donors (Lipinski definition) is 5. The Morgan fingerprint density at radius 1 is 1.17 bits per heavy atom. The van der Waals surface area contributed by atoms with E-state index < -0.39 is 5.60 Å². The quantitative estimate of drug-likeness (QED) is 0.278. The van der Waals surface area contributed by atoms with Crippen molar-refractivity contribution in [1.82, 2.24) is 21.3 Å². The third kappa shape index (κ3) is 9.28. The summed E-state index contributed by atoms with van der Waals surface area (Å²) in [6.07, 6.45) is 4.91. The van der Waals surface area contributed by atoms with Crippen LogP contribution in [0.2, 0.25) is 0 Å². The third-order valence-corrected chi connectivity index (χ3v) is 3.74. The lowest BCUT2D eigenvalue weighted by molar-refractivity contribution is 0.0527. The summed E-state index contributed by atoms with van der Waals surface area (Å²) in [5.74, 6) is 0.392. The van der Waals surface area contributed by atoms with Crippen molar-refractivity contribution in [1.29, 1.82) is 5.41 Å². The van der Waals surface area contributed by atoms with Crippen LogP contribution < -0.4 is 21.3 Å². The molecule has 134 valence electrons. The fourth-order valence-corrected chi connectivity index (χ4v) is 2.64. The van der Waals surface area contributed by atoms with E-state index in [0.717, 1.165) is 38.6 Å². The molecule has 1 amide bonds. The lowest BCUT2D eigenvalue weighted by atomic mass is 10.2. The Kier molecular flexibility index (Phi) is 8.16. The van der Waals surface area contributed by atoms with Gasteiger partial charge in [0.1, 0.15) is 5.60 Å². The first-order chi connectivity index (χ1) is 10.8. The average Bonchev–Trinajstić information content (AvgIpc) is 2.88. The van der Waals surface area contributed by atoms with Gasteiger partial charge >= 0.3 is 6.09 Å². The molecule has 0 aromatic carbocycles. The van der Waals surface area contributed by atoms with Gasteiger partial charge in [-0.2, -0.15) is 0 Å². The van der Waals surface area contributed by atoms with Gasteiger partial charge in [0.2, 0.25) is 0 Å². The van der Waals surface area contributed by atoms with Gasteiger partial charge in [0.05, 0.1) is 0 Å². The molecule has 1 saturated carbocycles. The van der Waals surface area contributed by atoms with Crippen LogP contribution in [0.1, 0.15) is 52.9 Å². The maximum Gasteiger partial charge on any atom is 0.407 e. The highest BCUT2D eigenvalue weighted by atomic mass is 16.6. The molecular weight excluding hydrogens is 294 g/mol. The van der Waals surface area contributed by atoms with Crippen LogP contribution in [0.4, 0.5) is 4.79 Å².